The average molecular weight is 166 g/mol. The lowest BCUT2D eigenvalue weighted by atomic mass is 9.95. The second-order valence-corrected chi connectivity index (χ2v) is 2.87. The van der Waals surface area contributed by atoms with E-state index in [9.17, 15) is 4.39 Å². The molecule has 11 heavy (non-hydrogen) atoms. The first-order valence-corrected chi connectivity index (χ1v) is 3.54. The molecule has 0 saturated heterocycles. The van der Waals surface area contributed by atoms with Crippen molar-refractivity contribution in [3.8, 4) is 0 Å². The number of rotatable bonds is 6. The van der Waals surface area contributed by atoms with Crippen molar-refractivity contribution >= 4 is 0 Å². The van der Waals surface area contributed by atoms with E-state index in [0.717, 1.165) is 0 Å². The molecule has 4 heteroatoms. The third-order valence-corrected chi connectivity index (χ3v) is 1.44. The molecular formula is C7H15FO3. The van der Waals surface area contributed by atoms with Gasteiger partial charge in [-0.2, -0.15) is 0 Å². The summed E-state index contributed by atoms with van der Waals surface area (Å²) < 4.78 is 16.4. The largest absolute Gasteiger partial charge is 0.396 e. The quantitative estimate of drug-likeness (QED) is 0.544. The minimum absolute atomic E-state index is 0.0234. The van der Waals surface area contributed by atoms with E-state index in [1.54, 1.807) is 6.92 Å². The maximum atomic E-state index is 11.5. The highest BCUT2D eigenvalue weighted by Crippen LogP contribution is 2.13. The molecule has 0 radical (unpaired) electrons. The van der Waals surface area contributed by atoms with E-state index < -0.39 is 12.1 Å². The standard InChI is InChI=1S/C7H15FO3/c1-7(4-9,5-10)6-11-3-2-8/h9-10H,2-6H2,1H3. The molecule has 0 aliphatic rings. The van der Waals surface area contributed by atoms with Gasteiger partial charge < -0.3 is 14.9 Å². The molecule has 0 aliphatic heterocycles. The summed E-state index contributed by atoms with van der Waals surface area (Å²) in [5.41, 5.74) is -0.644. The van der Waals surface area contributed by atoms with E-state index in [4.69, 9.17) is 14.9 Å². The van der Waals surface area contributed by atoms with Crippen molar-refractivity contribution in [1.82, 2.24) is 0 Å². The highest BCUT2D eigenvalue weighted by atomic mass is 19.1. The minimum atomic E-state index is -0.644. The Morgan fingerprint density at radius 1 is 1.36 bits per heavy atom. The van der Waals surface area contributed by atoms with Crippen LogP contribution >= 0.6 is 0 Å². The van der Waals surface area contributed by atoms with Crippen molar-refractivity contribution in [3.05, 3.63) is 0 Å². The van der Waals surface area contributed by atoms with Crippen LogP contribution in [0.15, 0.2) is 0 Å². The average Bonchev–Trinajstić information content (AvgIpc) is 2.05. The van der Waals surface area contributed by atoms with E-state index >= 15 is 0 Å². The molecule has 0 aliphatic carbocycles. The predicted octanol–water partition coefficient (Wildman–Crippen LogP) is -0.0366. The Morgan fingerprint density at radius 2 is 1.91 bits per heavy atom. The smallest absolute Gasteiger partial charge is 0.113 e. The molecule has 0 atom stereocenters. The van der Waals surface area contributed by atoms with Crippen LogP contribution in [-0.4, -0.2) is 43.3 Å². The molecule has 0 amide bonds. The Bertz CT molecular complexity index is 93.7. The molecule has 0 heterocycles. The van der Waals surface area contributed by atoms with Crippen molar-refractivity contribution in [3.63, 3.8) is 0 Å². The first kappa shape index (κ1) is 10.8. The molecule has 2 N–H and O–H groups in total. The zero-order valence-electron chi connectivity index (χ0n) is 6.72. The van der Waals surface area contributed by atoms with Gasteiger partial charge in [0, 0.05) is 5.41 Å². The Labute approximate surface area is 65.8 Å². The molecular weight excluding hydrogens is 151 g/mol. The summed E-state index contributed by atoms with van der Waals surface area (Å²) >= 11 is 0. The van der Waals surface area contributed by atoms with Crippen LogP contribution in [-0.2, 0) is 4.74 Å². The van der Waals surface area contributed by atoms with E-state index in [1.165, 1.54) is 0 Å². The van der Waals surface area contributed by atoms with E-state index in [2.05, 4.69) is 0 Å². The molecule has 0 aromatic heterocycles. The molecule has 3 nitrogen and oxygen atoms in total. The van der Waals surface area contributed by atoms with Gasteiger partial charge in [0.05, 0.1) is 26.4 Å². The molecule has 0 unspecified atom stereocenters. The maximum Gasteiger partial charge on any atom is 0.113 e. The molecule has 0 rings (SSSR count). The van der Waals surface area contributed by atoms with Crippen LogP contribution in [0.3, 0.4) is 0 Å². The van der Waals surface area contributed by atoms with Crippen LogP contribution in [0.1, 0.15) is 6.92 Å². The van der Waals surface area contributed by atoms with Gasteiger partial charge in [-0.25, -0.2) is 4.39 Å². The maximum absolute atomic E-state index is 11.5. The van der Waals surface area contributed by atoms with Crippen molar-refractivity contribution < 1.29 is 19.3 Å². The second kappa shape index (κ2) is 5.46. The topological polar surface area (TPSA) is 49.7 Å². The predicted molar refractivity (Wildman–Crippen MR) is 39.1 cm³/mol. The molecule has 68 valence electrons. The Balaban J connectivity index is 3.51. The van der Waals surface area contributed by atoms with Gasteiger partial charge >= 0.3 is 0 Å². The van der Waals surface area contributed by atoms with Crippen LogP contribution in [0.25, 0.3) is 0 Å². The van der Waals surface area contributed by atoms with Crippen molar-refractivity contribution in [2.24, 2.45) is 5.41 Å². The summed E-state index contributed by atoms with van der Waals surface area (Å²) in [4.78, 5) is 0. The number of hydrogen-bond donors (Lipinski definition) is 2. The minimum Gasteiger partial charge on any atom is -0.396 e. The fourth-order valence-electron chi connectivity index (χ4n) is 0.514. The third kappa shape index (κ3) is 4.29. The number of aliphatic hydroxyl groups is 2. The highest BCUT2D eigenvalue weighted by Gasteiger charge is 2.22. The molecule has 0 fully saturated rings. The number of halogens is 1. The van der Waals surface area contributed by atoms with Crippen molar-refractivity contribution in [2.45, 2.75) is 6.92 Å². The lowest BCUT2D eigenvalue weighted by molar-refractivity contribution is -0.0189. The van der Waals surface area contributed by atoms with Crippen molar-refractivity contribution in [1.29, 1.82) is 0 Å². The SMILES string of the molecule is CC(CO)(CO)COCCF. The van der Waals surface area contributed by atoms with Gasteiger partial charge in [-0.05, 0) is 0 Å². The summed E-state index contributed by atoms with van der Waals surface area (Å²) in [6.07, 6.45) is 0. The summed E-state index contributed by atoms with van der Waals surface area (Å²) in [5, 5.41) is 17.5. The Kier molecular flexibility index (Phi) is 5.36. The molecule has 0 aromatic rings. The van der Waals surface area contributed by atoms with E-state index in [-0.39, 0.29) is 26.4 Å². The summed E-state index contributed by atoms with van der Waals surface area (Å²) in [6, 6.07) is 0. The monoisotopic (exact) mass is 166 g/mol. The lowest BCUT2D eigenvalue weighted by Crippen LogP contribution is -2.31. The van der Waals surface area contributed by atoms with Crippen LogP contribution in [0.4, 0.5) is 4.39 Å². The highest BCUT2D eigenvalue weighted by molar-refractivity contribution is 4.70. The molecule has 0 saturated carbocycles. The van der Waals surface area contributed by atoms with Gasteiger partial charge in [0.15, 0.2) is 0 Å². The van der Waals surface area contributed by atoms with Gasteiger partial charge in [0.1, 0.15) is 6.67 Å². The van der Waals surface area contributed by atoms with Crippen molar-refractivity contribution in [2.75, 3.05) is 33.1 Å². The van der Waals surface area contributed by atoms with Gasteiger partial charge in [0.2, 0.25) is 0 Å². The lowest BCUT2D eigenvalue weighted by Gasteiger charge is -2.23. The van der Waals surface area contributed by atoms with E-state index in [0.29, 0.717) is 0 Å². The summed E-state index contributed by atoms with van der Waals surface area (Å²) in [6.45, 7) is 1.03. The van der Waals surface area contributed by atoms with Crippen LogP contribution in [0.2, 0.25) is 0 Å². The number of aliphatic hydroxyl groups excluding tert-OH is 2. The first-order valence-electron chi connectivity index (χ1n) is 3.54. The molecule has 0 aromatic carbocycles. The molecule has 0 spiro atoms. The number of alkyl halides is 1. The summed E-state index contributed by atoms with van der Waals surface area (Å²) in [7, 11) is 0. The number of hydrogen-bond acceptors (Lipinski definition) is 3. The molecule has 0 bridgehead atoms. The van der Waals surface area contributed by atoms with Gasteiger partial charge in [0.25, 0.3) is 0 Å². The zero-order chi connectivity index (χ0) is 8.74. The number of ether oxygens (including phenoxy) is 1. The second-order valence-electron chi connectivity index (χ2n) is 2.87. The Hall–Kier alpha value is -0.190. The van der Waals surface area contributed by atoms with Crippen LogP contribution in [0.5, 0.6) is 0 Å². The Morgan fingerprint density at radius 3 is 2.27 bits per heavy atom. The zero-order valence-corrected chi connectivity index (χ0v) is 6.72. The van der Waals surface area contributed by atoms with Gasteiger partial charge in [-0.15, -0.1) is 0 Å². The van der Waals surface area contributed by atoms with Crippen LogP contribution in [0, 0.1) is 5.41 Å². The van der Waals surface area contributed by atoms with Gasteiger partial charge in [-0.1, -0.05) is 6.92 Å². The van der Waals surface area contributed by atoms with Crippen LogP contribution < -0.4 is 0 Å². The first-order chi connectivity index (χ1) is 5.18. The van der Waals surface area contributed by atoms with E-state index in [1.807, 2.05) is 0 Å². The fourth-order valence-corrected chi connectivity index (χ4v) is 0.514. The third-order valence-electron chi connectivity index (χ3n) is 1.44. The summed E-state index contributed by atoms with van der Waals surface area (Å²) in [5.74, 6) is 0. The fraction of sp³-hybridized carbons (Fsp3) is 1.00. The normalized spacial score (nSPS) is 12.0. The van der Waals surface area contributed by atoms with Gasteiger partial charge in [-0.3, -0.25) is 0 Å².